The number of halogens is 1. The number of amides is 2. The quantitative estimate of drug-likeness (QED) is 0.876. The Morgan fingerprint density at radius 3 is 2.32 bits per heavy atom. The van der Waals surface area contributed by atoms with E-state index in [1.165, 1.54) is 17.0 Å². The Labute approximate surface area is 132 Å². The molecule has 0 fully saturated rings. The van der Waals surface area contributed by atoms with E-state index in [4.69, 9.17) is 5.11 Å². The summed E-state index contributed by atoms with van der Waals surface area (Å²) in [6, 6.07) is 5.47. The lowest BCUT2D eigenvalue weighted by Gasteiger charge is -2.30. The number of hydrogen-bond donors (Lipinski definition) is 2. The van der Waals surface area contributed by atoms with Crippen LogP contribution in [0, 0.1) is 11.2 Å². The van der Waals surface area contributed by atoms with Crippen molar-refractivity contribution < 1.29 is 14.3 Å². The zero-order valence-electron chi connectivity index (χ0n) is 14.1. The number of hydrogen-bond acceptors (Lipinski definition) is 2. The highest BCUT2D eigenvalue weighted by molar-refractivity contribution is 5.74. The van der Waals surface area contributed by atoms with E-state index in [2.05, 4.69) is 26.1 Å². The molecule has 0 radical (unpaired) electrons. The minimum absolute atomic E-state index is 0.00744. The number of aliphatic hydroxyl groups is 1. The first-order valence-corrected chi connectivity index (χ1v) is 7.53. The third kappa shape index (κ3) is 5.64. The SMILES string of the molecule is CC(CO)N(C)C(=O)NC(CC(C)(C)C)c1ccc(F)cc1. The standard InChI is InChI=1S/C17H27FN2O2/c1-12(11-21)20(5)16(22)19-15(10-17(2,3)4)13-6-8-14(18)9-7-13/h6-9,12,15,21H,10-11H2,1-5H3,(H,19,22). The number of aliphatic hydroxyl groups excluding tert-OH is 1. The van der Waals surface area contributed by atoms with Crippen molar-refractivity contribution in [3.8, 4) is 0 Å². The molecular weight excluding hydrogens is 283 g/mol. The molecule has 0 heterocycles. The third-order valence-corrected chi connectivity index (χ3v) is 3.63. The number of nitrogens with zero attached hydrogens (tertiary/aromatic N) is 1. The van der Waals surface area contributed by atoms with Gasteiger partial charge >= 0.3 is 6.03 Å². The molecule has 2 unspecified atom stereocenters. The molecule has 0 aliphatic carbocycles. The average Bonchev–Trinajstić information content (AvgIpc) is 2.44. The van der Waals surface area contributed by atoms with Gasteiger partial charge in [-0.05, 0) is 36.5 Å². The van der Waals surface area contributed by atoms with Gasteiger partial charge in [0, 0.05) is 7.05 Å². The van der Waals surface area contributed by atoms with E-state index in [9.17, 15) is 9.18 Å². The molecule has 0 bridgehead atoms. The van der Waals surface area contributed by atoms with Gasteiger partial charge in [0.2, 0.25) is 0 Å². The third-order valence-electron chi connectivity index (χ3n) is 3.63. The number of nitrogens with one attached hydrogen (secondary N) is 1. The fourth-order valence-corrected chi connectivity index (χ4v) is 2.13. The molecule has 124 valence electrons. The van der Waals surface area contributed by atoms with Crippen molar-refractivity contribution in [1.29, 1.82) is 0 Å². The van der Waals surface area contributed by atoms with Gasteiger partial charge in [-0.3, -0.25) is 0 Å². The van der Waals surface area contributed by atoms with Crippen molar-refractivity contribution in [3.05, 3.63) is 35.6 Å². The Balaban J connectivity index is 2.91. The normalized spacial score (nSPS) is 14.3. The number of likely N-dealkylation sites (N-methyl/N-ethyl adjacent to an activating group) is 1. The molecule has 2 atom stereocenters. The van der Waals surface area contributed by atoms with Gasteiger partial charge in [0.15, 0.2) is 0 Å². The summed E-state index contributed by atoms with van der Waals surface area (Å²) >= 11 is 0. The number of carbonyl (C=O) groups is 1. The van der Waals surface area contributed by atoms with E-state index in [0.29, 0.717) is 0 Å². The Kier molecular flexibility index (Phi) is 6.35. The van der Waals surface area contributed by atoms with Crippen LogP contribution < -0.4 is 5.32 Å². The van der Waals surface area contributed by atoms with Crippen molar-refractivity contribution in [2.45, 2.75) is 46.2 Å². The van der Waals surface area contributed by atoms with Crippen LogP contribution in [0.15, 0.2) is 24.3 Å². The Morgan fingerprint density at radius 2 is 1.86 bits per heavy atom. The van der Waals surface area contributed by atoms with Crippen LogP contribution in [-0.2, 0) is 0 Å². The first kappa shape index (κ1) is 18.4. The highest BCUT2D eigenvalue weighted by Crippen LogP contribution is 2.29. The molecule has 1 aromatic carbocycles. The van der Waals surface area contributed by atoms with Gasteiger partial charge in [-0.1, -0.05) is 32.9 Å². The highest BCUT2D eigenvalue weighted by atomic mass is 19.1. The molecule has 1 rings (SSSR count). The minimum Gasteiger partial charge on any atom is -0.394 e. The van der Waals surface area contributed by atoms with Crippen LogP contribution in [0.3, 0.4) is 0 Å². The van der Waals surface area contributed by atoms with Gasteiger partial charge in [-0.25, -0.2) is 9.18 Å². The van der Waals surface area contributed by atoms with Gasteiger partial charge in [0.05, 0.1) is 18.7 Å². The van der Waals surface area contributed by atoms with Crippen LogP contribution in [0.1, 0.15) is 45.7 Å². The molecule has 1 aromatic rings. The van der Waals surface area contributed by atoms with Crippen LogP contribution in [0.4, 0.5) is 9.18 Å². The zero-order valence-corrected chi connectivity index (χ0v) is 14.1. The molecule has 2 N–H and O–H groups in total. The van der Waals surface area contributed by atoms with E-state index in [1.54, 1.807) is 26.1 Å². The molecular formula is C17H27FN2O2. The van der Waals surface area contributed by atoms with Crippen LogP contribution in [0.5, 0.6) is 0 Å². The summed E-state index contributed by atoms with van der Waals surface area (Å²) in [6.45, 7) is 7.96. The summed E-state index contributed by atoms with van der Waals surface area (Å²) in [5, 5.41) is 12.1. The second kappa shape index (κ2) is 7.58. The van der Waals surface area contributed by atoms with E-state index in [1.807, 2.05) is 0 Å². The van der Waals surface area contributed by atoms with Gasteiger partial charge < -0.3 is 15.3 Å². The fraction of sp³-hybridized carbons (Fsp3) is 0.588. The molecule has 22 heavy (non-hydrogen) atoms. The lowest BCUT2D eigenvalue weighted by Crippen LogP contribution is -2.45. The van der Waals surface area contributed by atoms with Gasteiger partial charge in [-0.2, -0.15) is 0 Å². The Bertz CT molecular complexity index is 482. The van der Waals surface area contributed by atoms with Crippen LogP contribution in [-0.4, -0.2) is 35.7 Å². The molecule has 0 saturated heterocycles. The number of urea groups is 1. The van der Waals surface area contributed by atoms with Crippen molar-refractivity contribution in [3.63, 3.8) is 0 Å². The van der Waals surface area contributed by atoms with Crippen molar-refractivity contribution >= 4 is 6.03 Å². The Hall–Kier alpha value is -1.62. The average molecular weight is 310 g/mol. The second-order valence-corrected chi connectivity index (χ2v) is 6.96. The molecule has 5 heteroatoms. The summed E-state index contributed by atoms with van der Waals surface area (Å²) in [5.41, 5.74) is 0.878. The van der Waals surface area contributed by atoms with Gasteiger partial charge in [0.1, 0.15) is 5.82 Å². The lowest BCUT2D eigenvalue weighted by atomic mass is 9.85. The molecule has 0 spiro atoms. The van der Waals surface area contributed by atoms with Crippen LogP contribution >= 0.6 is 0 Å². The van der Waals surface area contributed by atoms with E-state index < -0.39 is 0 Å². The first-order valence-electron chi connectivity index (χ1n) is 7.53. The van der Waals surface area contributed by atoms with Crippen LogP contribution in [0.2, 0.25) is 0 Å². The minimum atomic E-state index is -0.296. The lowest BCUT2D eigenvalue weighted by molar-refractivity contribution is 0.152. The van der Waals surface area contributed by atoms with Crippen LogP contribution in [0.25, 0.3) is 0 Å². The second-order valence-electron chi connectivity index (χ2n) is 6.96. The molecule has 0 aliphatic heterocycles. The molecule has 0 aromatic heterocycles. The predicted molar refractivity (Wildman–Crippen MR) is 86.1 cm³/mol. The summed E-state index contributed by atoms with van der Waals surface area (Å²) < 4.78 is 13.1. The van der Waals surface area contributed by atoms with Crippen molar-refractivity contribution in [2.75, 3.05) is 13.7 Å². The summed E-state index contributed by atoms with van der Waals surface area (Å²) in [4.78, 5) is 13.8. The first-order chi connectivity index (χ1) is 10.1. The largest absolute Gasteiger partial charge is 0.394 e. The van der Waals surface area contributed by atoms with Crippen molar-refractivity contribution in [1.82, 2.24) is 10.2 Å². The van der Waals surface area contributed by atoms with E-state index >= 15 is 0 Å². The molecule has 4 nitrogen and oxygen atoms in total. The topological polar surface area (TPSA) is 52.6 Å². The van der Waals surface area contributed by atoms with E-state index in [-0.39, 0.29) is 36.0 Å². The molecule has 2 amide bonds. The summed E-state index contributed by atoms with van der Waals surface area (Å²) in [5.74, 6) is -0.296. The highest BCUT2D eigenvalue weighted by Gasteiger charge is 2.24. The predicted octanol–water partition coefficient (Wildman–Crippen LogP) is 3.33. The molecule has 0 saturated carbocycles. The maximum absolute atomic E-state index is 13.1. The zero-order chi connectivity index (χ0) is 16.9. The fourth-order valence-electron chi connectivity index (χ4n) is 2.13. The maximum Gasteiger partial charge on any atom is 0.317 e. The summed E-state index contributed by atoms with van der Waals surface area (Å²) in [7, 11) is 1.65. The number of carbonyl (C=O) groups excluding carboxylic acids is 1. The molecule has 0 aliphatic rings. The monoisotopic (exact) mass is 310 g/mol. The van der Waals surface area contributed by atoms with Gasteiger partial charge in [0.25, 0.3) is 0 Å². The number of rotatable bonds is 5. The van der Waals surface area contributed by atoms with Crippen molar-refractivity contribution in [2.24, 2.45) is 5.41 Å². The van der Waals surface area contributed by atoms with E-state index in [0.717, 1.165) is 12.0 Å². The smallest absolute Gasteiger partial charge is 0.317 e. The Morgan fingerprint density at radius 1 is 1.32 bits per heavy atom. The summed E-state index contributed by atoms with van der Waals surface area (Å²) in [6.07, 6.45) is 0.728. The van der Waals surface area contributed by atoms with Gasteiger partial charge in [-0.15, -0.1) is 0 Å². The maximum atomic E-state index is 13.1. The number of benzene rings is 1.